The summed E-state index contributed by atoms with van der Waals surface area (Å²) in [4.78, 5) is 24.7. The van der Waals surface area contributed by atoms with Crippen molar-refractivity contribution in [2.45, 2.75) is 44.1 Å². The fourth-order valence-corrected chi connectivity index (χ4v) is 7.55. The van der Waals surface area contributed by atoms with Crippen LogP contribution in [-0.2, 0) is 27.2 Å². The summed E-state index contributed by atoms with van der Waals surface area (Å²) in [6, 6.07) is 8.08. The zero-order valence-corrected chi connectivity index (χ0v) is 24.6. The topological polar surface area (TPSA) is 205 Å². The number of ether oxygens (including phenoxy) is 1. The Bertz CT molecular complexity index is 1790. The van der Waals surface area contributed by atoms with Crippen molar-refractivity contribution in [1.29, 1.82) is 0 Å². The molecule has 46 heavy (non-hydrogen) atoms. The first kappa shape index (κ1) is 30.8. The number of allylic oxidation sites excluding steroid dienone is 1. The summed E-state index contributed by atoms with van der Waals surface area (Å²) >= 11 is 0. The number of benzene rings is 3. The van der Waals surface area contributed by atoms with Crippen molar-refractivity contribution in [3.8, 4) is 34.5 Å². The van der Waals surface area contributed by atoms with E-state index in [1.165, 1.54) is 42.5 Å². The second-order valence-electron chi connectivity index (χ2n) is 12.3. The van der Waals surface area contributed by atoms with Gasteiger partial charge in [0.05, 0.1) is 0 Å². The molecule has 5 atom stereocenters. The molecular weight excluding hydrogens is 596 g/mol. The monoisotopic (exact) mass is 630 g/mol. The van der Waals surface area contributed by atoms with Gasteiger partial charge in [-0.15, -0.1) is 0 Å². The van der Waals surface area contributed by atoms with Crippen LogP contribution < -0.4 is 0 Å². The molecule has 6 rings (SSSR count). The van der Waals surface area contributed by atoms with Gasteiger partial charge in [-0.3, -0.25) is 0 Å². The number of hydrogen-bond donors (Lipinski definition) is 8. The van der Waals surface area contributed by atoms with E-state index >= 15 is 0 Å². The summed E-state index contributed by atoms with van der Waals surface area (Å²) in [6.07, 6.45) is 5.17. The maximum absolute atomic E-state index is 12.8. The van der Waals surface area contributed by atoms with Gasteiger partial charge in [-0.25, -0.2) is 9.59 Å². The van der Waals surface area contributed by atoms with E-state index in [0.29, 0.717) is 40.7 Å². The van der Waals surface area contributed by atoms with Crippen LogP contribution in [0.4, 0.5) is 0 Å². The highest BCUT2D eigenvalue weighted by molar-refractivity contribution is 5.95. The summed E-state index contributed by atoms with van der Waals surface area (Å²) in [5.41, 5.74) is 4.05. The molecule has 11 heteroatoms. The Labute approximate surface area is 263 Å². The Morgan fingerprint density at radius 3 is 2.37 bits per heavy atom. The zero-order valence-electron chi connectivity index (χ0n) is 24.6. The normalized spacial score (nSPS) is 22.2. The number of aliphatic hydroxyl groups is 1. The Morgan fingerprint density at radius 1 is 0.913 bits per heavy atom. The molecule has 11 nitrogen and oxygen atoms in total. The van der Waals surface area contributed by atoms with Gasteiger partial charge in [0.25, 0.3) is 0 Å². The lowest BCUT2D eigenvalue weighted by atomic mass is 9.59. The van der Waals surface area contributed by atoms with Crippen LogP contribution in [0.2, 0.25) is 0 Å². The van der Waals surface area contributed by atoms with Gasteiger partial charge in [-0.2, -0.15) is 0 Å². The van der Waals surface area contributed by atoms with E-state index in [1.807, 2.05) is 6.08 Å². The first-order valence-electron chi connectivity index (χ1n) is 15.1. The minimum atomic E-state index is -1.60. The van der Waals surface area contributed by atoms with Gasteiger partial charge in [0.2, 0.25) is 6.10 Å². The molecule has 1 fully saturated rings. The molecule has 0 bridgehead atoms. The van der Waals surface area contributed by atoms with Crippen molar-refractivity contribution in [3.63, 3.8) is 0 Å². The molecule has 0 heterocycles. The number of aliphatic carboxylic acids is 1. The lowest BCUT2D eigenvalue weighted by Gasteiger charge is -2.44. The van der Waals surface area contributed by atoms with Gasteiger partial charge in [-0.05, 0) is 119 Å². The minimum absolute atomic E-state index is 0.0269. The highest BCUT2D eigenvalue weighted by Gasteiger charge is 2.47. The maximum atomic E-state index is 12.8. The summed E-state index contributed by atoms with van der Waals surface area (Å²) in [5.74, 6) is -4.97. The van der Waals surface area contributed by atoms with Crippen molar-refractivity contribution in [2.75, 3.05) is 6.61 Å². The summed E-state index contributed by atoms with van der Waals surface area (Å²) < 4.78 is 5.20. The van der Waals surface area contributed by atoms with Crippen molar-refractivity contribution in [3.05, 3.63) is 75.9 Å². The fourth-order valence-electron chi connectivity index (χ4n) is 7.55. The van der Waals surface area contributed by atoms with Crippen molar-refractivity contribution >= 4 is 29.7 Å². The van der Waals surface area contributed by atoms with Crippen LogP contribution in [0.3, 0.4) is 0 Å². The zero-order chi connectivity index (χ0) is 32.9. The molecule has 8 N–H and O–H groups in total. The Hall–Kier alpha value is -5.16. The number of hydrogen-bond acceptors (Lipinski definition) is 10. The van der Waals surface area contributed by atoms with E-state index in [-0.39, 0.29) is 59.7 Å². The van der Waals surface area contributed by atoms with Crippen LogP contribution in [0.15, 0.2) is 42.5 Å². The first-order chi connectivity index (χ1) is 22.0. The number of phenolic OH excluding ortho intramolecular Hbond substituents is 6. The standard InChI is InChI=1S/C35H34O11/c36-15-19-10-18-12-27(39)28(40)14-22(18)24-13-23-17(11-29(41)34(43)33(23)21-3-1-2-20(19)32(21)24)5-7-31(42)46-30(35(44)45)9-16-4-6-25(37)26(38)8-16/h4-8,11-14,19-21,30,32,36-41,43H,1-3,9-10,15H2,(H,44,45)/b7-5+/t19-,20+,21-,30-,32+/m1/s1. The number of esters is 1. The van der Waals surface area contributed by atoms with Crippen LogP contribution >= 0.6 is 0 Å². The summed E-state index contributed by atoms with van der Waals surface area (Å²) in [5, 5.41) is 82.0. The molecule has 3 aliphatic rings. The molecule has 0 unspecified atom stereocenters. The van der Waals surface area contributed by atoms with Gasteiger partial charge in [-0.1, -0.05) is 12.5 Å². The van der Waals surface area contributed by atoms with Crippen LogP contribution in [0, 0.1) is 17.8 Å². The highest BCUT2D eigenvalue weighted by atomic mass is 16.6. The second-order valence-corrected chi connectivity index (χ2v) is 12.3. The van der Waals surface area contributed by atoms with E-state index in [4.69, 9.17) is 4.74 Å². The van der Waals surface area contributed by atoms with Crippen LogP contribution in [0.25, 0.3) is 17.7 Å². The Morgan fingerprint density at radius 2 is 1.65 bits per heavy atom. The van der Waals surface area contributed by atoms with Gasteiger partial charge in [0.15, 0.2) is 34.5 Å². The lowest BCUT2D eigenvalue weighted by Crippen LogP contribution is -2.35. The molecule has 0 aromatic heterocycles. The maximum Gasteiger partial charge on any atom is 0.345 e. The molecular formula is C35H34O11. The van der Waals surface area contributed by atoms with E-state index in [9.17, 15) is 50.4 Å². The minimum Gasteiger partial charge on any atom is -0.504 e. The predicted octanol–water partition coefficient (Wildman–Crippen LogP) is 4.39. The van der Waals surface area contributed by atoms with E-state index < -0.39 is 29.5 Å². The van der Waals surface area contributed by atoms with E-state index in [1.54, 1.807) is 0 Å². The molecule has 1 saturated carbocycles. The molecule has 0 saturated heterocycles. The number of carbonyl (C=O) groups excluding carboxylic acids is 1. The molecule has 3 aromatic carbocycles. The average Bonchev–Trinajstić information content (AvgIpc) is 3.15. The summed E-state index contributed by atoms with van der Waals surface area (Å²) in [7, 11) is 0. The Balaban J connectivity index is 1.39. The van der Waals surface area contributed by atoms with Crippen molar-refractivity contribution < 1.29 is 55.2 Å². The molecule has 240 valence electrons. The average molecular weight is 631 g/mol. The second kappa shape index (κ2) is 12.0. The smallest absolute Gasteiger partial charge is 0.345 e. The molecule has 3 aromatic rings. The van der Waals surface area contributed by atoms with Gasteiger partial charge >= 0.3 is 11.9 Å². The largest absolute Gasteiger partial charge is 0.504 e. The first-order valence-corrected chi connectivity index (χ1v) is 15.1. The Kier molecular flexibility index (Phi) is 8.03. The number of carbonyl (C=O) groups is 2. The van der Waals surface area contributed by atoms with Crippen molar-refractivity contribution in [1.82, 2.24) is 0 Å². The number of aromatic hydroxyl groups is 6. The third-order valence-electron chi connectivity index (χ3n) is 9.60. The van der Waals surface area contributed by atoms with Gasteiger partial charge < -0.3 is 45.6 Å². The number of carboxylic acids is 1. The number of carboxylic acid groups (broad SMARTS) is 1. The molecule has 0 aliphatic heterocycles. The highest BCUT2D eigenvalue weighted by Crippen LogP contribution is 2.60. The van der Waals surface area contributed by atoms with E-state index in [0.717, 1.165) is 30.1 Å². The fraction of sp³-hybridized carbons (Fsp3) is 0.314. The summed E-state index contributed by atoms with van der Waals surface area (Å²) in [6.45, 7) is -0.0809. The third kappa shape index (κ3) is 5.47. The number of rotatable bonds is 7. The van der Waals surface area contributed by atoms with Gasteiger partial charge in [0.1, 0.15) is 0 Å². The quantitative estimate of drug-likeness (QED) is 0.104. The number of phenols is 6. The van der Waals surface area contributed by atoms with Gasteiger partial charge in [0, 0.05) is 24.7 Å². The van der Waals surface area contributed by atoms with Crippen LogP contribution in [0.5, 0.6) is 34.5 Å². The number of aliphatic hydroxyl groups excluding tert-OH is 1. The predicted molar refractivity (Wildman–Crippen MR) is 165 cm³/mol. The van der Waals surface area contributed by atoms with Crippen LogP contribution in [0.1, 0.15) is 58.6 Å². The lowest BCUT2D eigenvalue weighted by molar-refractivity contribution is -0.160. The molecule has 3 aliphatic carbocycles. The van der Waals surface area contributed by atoms with E-state index in [2.05, 4.69) is 0 Å². The number of fused-ring (bicyclic) bond motifs is 4. The SMILES string of the molecule is O=C(/C=C/c1cc(O)c(O)c2c1C=C1c3cc(O)c(O)cc3C[C@H](CO)[C@@H]3CCC[C@@H]2[C@@H]13)O[C@H](Cc1ccc(O)c(O)c1)C(=O)O. The molecule has 0 amide bonds. The molecule has 0 radical (unpaired) electrons. The van der Waals surface area contributed by atoms with Crippen molar-refractivity contribution in [2.24, 2.45) is 17.8 Å². The van der Waals surface area contributed by atoms with Crippen LogP contribution in [-0.4, -0.2) is 65.5 Å². The molecule has 0 spiro atoms. The third-order valence-corrected chi connectivity index (χ3v) is 9.60.